The summed E-state index contributed by atoms with van der Waals surface area (Å²) in [5.41, 5.74) is 13.8. The zero-order chi connectivity index (χ0) is 38.2. The lowest BCUT2D eigenvalue weighted by Crippen LogP contribution is -2.03. The molecule has 0 aliphatic heterocycles. The van der Waals surface area contributed by atoms with Gasteiger partial charge in [0.25, 0.3) is 0 Å². The van der Waals surface area contributed by atoms with Crippen LogP contribution in [0.5, 0.6) is 0 Å². The second-order valence-electron chi connectivity index (χ2n) is 14.9. The molecule has 58 heavy (non-hydrogen) atoms. The molecule has 0 amide bonds. The number of benzene rings is 9. The van der Waals surface area contributed by atoms with Crippen molar-refractivity contribution in [3.8, 4) is 50.6 Å². The zero-order valence-electron chi connectivity index (χ0n) is 31.3. The number of fused-ring (bicyclic) bond motifs is 9. The van der Waals surface area contributed by atoms with Gasteiger partial charge in [-0.2, -0.15) is 0 Å². The number of furan rings is 1. The van der Waals surface area contributed by atoms with Gasteiger partial charge in [0, 0.05) is 38.1 Å². The summed E-state index contributed by atoms with van der Waals surface area (Å²) in [6.07, 6.45) is 0. The van der Waals surface area contributed by atoms with E-state index >= 15 is 0 Å². The molecule has 270 valence electrons. The van der Waals surface area contributed by atoms with Crippen molar-refractivity contribution in [3.63, 3.8) is 0 Å². The molecule has 0 fully saturated rings. The smallest absolute Gasteiger partial charge is 0.235 e. The Hall–Kier alpha value is -7.82. The van der Waals surface area contributed by atoms with E-state index in [1.54, 1.807) is 0 Å². The number of hydrogen-bond acceptors (Lipinski definition) is 3. The van der Waals surface area contributed by atoms with E-state index in [2.05, 4.69) is 180 Å². The van der Waals surface area contributed by atoms with Crippen LogP contribution in [0.1, 0.15) is 0 Å². The Balaban J connectivity index is 0.960. The predicted molar refractivity (Wildman–Crippen MR) is 240 cm³/mol. The molecule has 12 rings (SSSR count). The van der Waals surface area contributed by atoms with E-state index in [0.29, 0.717) is 5.95 Å². The van der Waals surface area contributed by atoms with Gasteiger partial charge < -0.3 is 4.42 Å². The van der Waals surface area contributed by atoms with Gasteiger partial charge in [-0.3, -0.25) is 4.57 Å². The SMILES string of the molecule is c1ccc(-c2ccc(-c3nc(-n4c5ccccc5c5c6ccc(-c7ccc(-c8cccc9c8oc8ccccc89)cc7)cc6ccc54)nc4ccccc34)cc2)cc1. The summed E-state index contributed by atoms with van der Waals surface area (Å²) < 4.78 is 8.58. The Labute approximate surface area is 333 Å². The van der Waals surface area contributed by atoms with E-state index in [-0.39, 0.29) is 0 Å². The van der Waals surface area contributed by atoms with Gasteiger partial charge in [-0.15, -0.1) is 0 Å². The number of rotatable bonds is 5. The molecule has 4 nitrogen and oxygen atoms in total. The van der Waals surface area contributed by atoms with Gasteiger partial charge in [-0.25, -0.2) is 9.97 Å². The molecule has 0 aliphatic carbocycles. The van der Waals surface area contributed by atoms with E-state index in [1.165, 1.54) is 43.8 Å². The van der Waals surface area contributed by atoms with Crippen LogP contribution in [0.25, 0.3) is 116 Å². The predicted octanol–water partition coefficient (Wildman–Crippen LogP) is 14.4. The van der Waals surface area contributed by atoms with Gasteiger partial charge in [0.15, 0.2) is 0 Å². The molecule has 0 spiro atoms. The maximum Gasteiger partial charge on any atom is 0.235 e. The highest BCUT2D eigenvalue weighted by Crippen LogP contribution is 2.40. The molecule has 3 aromatic heterocycles. The Morgan fingerprint density at radius 1 is 0.379 bits per heavy atom. The molecule has 0 unspecified atom stereocenters. The second-order valence-corrected chi connectivity index (χ2v) is 14.9. The summed E-state index contributed by atoms with van der Waals surface area (Å²) in [5.74, 6) is 0.654. The van der Waals surface area contributed by atoms with Crippen LogP contribution < -0.4 is 0 Å². The van der Waals surface area contributed by atoms with Crippen molar-refractivity contribution in [1.29, 1.82) is 0 Å². The average Bonchev–Trinajstić information content (AvgIpc) is 3.85. The molecule has 4 heteroatoms. The Morgan fingerprint density at radius 2 is 1.02 bits per heavy atom. The Morgan fingerprint density at radius 3 is 1.86 bits per heavy atom. The minimum atomic E-state index is 0.654. The van der Waals surface area contributed by atoms with Crippen molar-refractivity contribution in [3.05, 3.63) is 200 Å². The minimum absolute atomic E-state index is 0.654. The standard InChI is InChI=1S/C54H33N3O/c1-2-11-34(12-3-1)35-23-27-38(28-24-35)52-45-14-4-7-18-47(45)55-54(56-52)57-48-19-8-5-15-46(48)51-41-31-29-39(33-40(41)30-32-49(51)57)36-21-25-37(26-22-36)42-16-10-17-44-43-13-6-9-20-50(43)58-53(42)44/h1-33H. The van der Waals surface area contributed by atoms with E-state index in [4.69, 9.17) is 14.4 Å². The van der Waals surface area contributed by atoms with Crippen molar-refractivity contribution in [1.82, 2.24) is 14.5 Å². The van der Waals surface area contributed by atoms with E-state index in [1.807, 2.05) is 24.3 Å². The third kappa shape index (κ3) is 5.09. The third-order valence-electron chi connectivity index (χ3n) is 11.6. The van der Waals surface area contributed by atoms with Crippen molar-refractivity contribution in [2.24, 2.45) is 0 Å². The fourth-order valence-corrected chi connectivity index (χ4v) is 8.84. The highest BCUT2D eigenvalue weighted by Gasteiger charge is 2.19. The number of para-hydroxylation sites is 4. The monoisotopic (exact) mass is 739 g/mol. The molecule has 0 N–H and O–H groups in total. The van der Waals surface area contributed by atoms with Crippen LogP contribution >= 0.6 is 0 Å². The van der Waals surface area contributed by atoms with E-state index in [0.717, 1.165) is 66.3 Å². The van der Waals surface area contributed by atoms with Crippen LogP contribution in [-0.4, -0.2) is 14.5 Å². The van der Waals surface area contributed by atoms with Crippen LogP contribution in [0.15, 0.2) is 205 Å². The quantitative estimate of drug-likeness (QED) is 0.177. The van der Waals surface area contributed by atoms with Crippen LogP contribution in [0.2, 0.25) is 0 Å². The van der Waals surface area contributed by atoms with Crippen molar-refractivity contribution >= 4 is 65.4 Å². The van der Waals surface area contributed by atoms with E-state index < -0.39 is 0 Å². The Kier molecular flexibility index (Phi) is 7.20. The molecule has 12 aromatic rings. The van der Waals surface area contributed by atoms with E-state index in [9.17, 15) is 0 Å². The van der Waals surface area contributed by atoms with Gasteiger partial charge in [-0.05, 0) is 68.9 Å². The minimum Gasteiger partial charge on any atom is -0.455 e. The maximum atomic E-state index is 6.35. The van der Waals surface area contributed by atoms with Crippen LogP contribution in [0, 0.1) is 0 Å². The topological polar surface area (TPSA) is 43.9 Å². The molecule has 0 saturated carbocycles. The first-order valence-corrected chi connectivity index (χ1v) is 19.7. The van der Waals surface area contributed by atoms with Crippen molar-refractivity contribution in [2.75, 3.05) is 0 Å². The second kappa shape index (κ2) is 12.9. The molecule has 0 bridgehead atoms. The van der Waals surface area contributed by atoms with Crippen LogP contribution in [-0.2, 0) is 0 Å². The number of hydrogen-bond donors (Lipinski definition) is 0. The van der Waals surface area contributed by atoms with Gasteiger partial charge in [0.2, 0.25) is 5.95 Å². The maximum absolute atomic E-state index is 6.35. The average molecular weight is 740 g/mol. The van der Waals surface area contributed by atoms with Gasteiger partial charge in [0.05, 0.1) is 22.2 Å². The summed E-state index contributed by atoms with van der Waals surface area (Å²) in [6, 6.07) is 70.9. The van der Waals surface area contributed by atoms with Crippen LogP contribution in [0.4, 0.5) is 0 Å². The Bertz CT molecular complexity index is 3540. The zero-order valence-corrected chi connectivity index (χ0v) is 31.3. The van der Waals surface area contributed by atoms with Crippen LogP contribution in [0.3, 0.4) is 0 Å². The molecule has 0 atom stereocenters. The third-order valence-corrected chi connectivity index (χ3v) is 11.6. The lowest BCUT2D eigenvalue weighted by atomic mass is 9.96. The lowest BCUT2D eigenvalue weighted by Gasteiger charge is -2.12. The first kappa shape index (κ1) is 32.4. The van der Waals surface area contributed by atoms with Gasteiger partial charge >= 0.3 is 0 Å². The molecule has 9 aromatic carbocycles. The largest absolute Gasteiger partial charge is 0.455 e. The number of nitrogens with zero attached hydrogens (tertiary/aromatic N) is 3. The van der Waals surface area contributed by atoms with Gasteiger partial charge in [-0.1, -0.05) is 170 Å². The van der Waals surface area contributed by atoms with Gasteiger partial charge in [0.1, 0.15) is 11.2 Å². The summed E-state index contributed by atoms with van der Waals surface area (Å²) in [6.45, 7) is 0. The molecule has 0 aliphatic rings. The fourth-order valence-electron chi connectivity index (χ4n) is 8.84. The molecular formula is C54H33N3O. The first-order chi connectivity index (χ1) is 28.7. The lowest BCUT2D eigenvalue weighted by molar-refractivity contribution is 0.670. The molecule has 0 saturated heterocycles. The highest BCUT2D eigenvalue weighted by molar-refractivity contribution is 6.21. The molecule has 3 heterocycles. The number of aromatic nitrogens is 3. The highest BCUT2D eigenvalue weighted by atomic mass is 16.3. The molecular weight excluding hydrogens is 707 g/mol. The summed E-state index contributed by atoms with van der Waals surface area (Å²) in [5, 5.41) is 8.05. The summed E-state index contributed by atoms with van der Waals surface area (Å²) in [4.78, 5) is 10.6. The van der Waals surface area contributed by atoms with Crippen molar-refractivity contribution in [2.45, 2.75) is 0 Å². The fraction of sp³-hybridized carbons (Fsp3) is 0. The first-order valence-electron chi connectivity index (χ1n) is 19.7. The summed E-state index contributed by atoms with van der Waals surface area (Å²) >= 11 is 0. The van der Waals surface area contributed by atoms with Crippen molar-refractivity contribution < 1.29 is 4.42 Å². The summed E-state index contributed by atoms with van der Waals surface area (Å²) in [7, 11) is 0. The normalized spacial score (nSPS) is 11.8. The molecule has 0 radical (unpaired) electrons.